The first-order valence-corrected chi connectivity index (χ1v) is 6.84. The molecule has 2 aromatic rings. The summed E-state index contributed by atoms with van der Waals surface area (Å²) in [5.41, 5.74) is 1.71. The maximum absolute atomic E-state index is 13.6. The topological polar surface area (TPSA) is 55.2 Å². The molecule has 0 radical (unpaired) electrons. The molecule has 0 unspecified atom stereocenters. The number of nitro groups is 1. The van der Waals surface area contributed by atoms with Crippen LogP contribution in [0.1, 0.15) is 18.1 Å². The molecule has 0 aliphatic heterocycles. The van der Waals surface area contributed by atoms with E-state index >= 15 is 0 Å². The van der Waals surface area contributed by atoms with Crippen LogP contribution in [0.3, 0.4) is 0 Å². The summed E-state index contributed by atoms with van der Waals surface area (Å²) >= 11 is 5.82. The quantitative estimate of drug-likeness (QED) is 0.650. The average molecular weight is 309 g/mol. The van der Waals surface area contributed by atoms with Crippen LogP contribution in [0.4, 0.5) is 15.8 Å². The molecule has 4 nitrogen and oxygen atoms in total. The molecule has 110 valence electrons. The van der Waals surface area contributed by atoms with Gasteiger partial charge >= 0.3 is 0 Å². The average Bonchev–Trinajstić information content (AvgIpc) is 2.47. The number of nitrogens with one attached hydrogen (secondary N) is 1. The molecule has 0 saturated carbocycles. The molecule has 2 aromatic carbocycles. The van der Waals surface area contributed by atoms with Crippen LogP contribution in [-0.2, 0) is 13.0 Å². The number of halogens is 2. The lowest BCUT2D eigenvalue weighted by atomic mass is 10.1. The molecule has 0 saturated heterocycles. The lowest BCUT2D eigenvalue weighted by molar-refractivity contribution is -0.385. The summed E-state index contributed by atoms with van der Waals surface area (Å²) in [6, 6.07) is 9.20. The Morgan fingerprint density at radius 1 is 1.24 bits per heavy atom. The molecule has 0 aromatic heterocycles. The fourth-order valence-corrected chi connectivity index (χ4v) is 2.21. The number of anilines is 1. The second-order valence-electron chi connectivity index (χ2n) is 4.54. The van der Waals surface area contributed by atoms with Crippen molar-refractivity contribution < 1.29 is 9.31 Å². The Balaban J connectivity index is 2.18. The third-order valence-electron chi connectivity index (χ3n) is 3.15. The highest BCUT2D eigenvalue weighted by Gasteiger charge is 2.13. The monoisotopic (exact) mass is 308 g/mol. The van der Waals surface area contributed by atoms with Gasteiger partial charge in [0, 0.05) is 34.4 Å². The first kappa shape index (κ1) is 15.3. The summed E-state index contributed by atoms with van der Waals surface area (Å²) in [5, 5.41) is 14.4. The zero-order chi connectivity index (χ0) is 15.4. The lowest BCUT2D eigenvalue weighted by Crippen LogP contribution is -2.03. The first-order valence-electron chi connectivity index (χ1n) is 6.46. The molecule has 0 bridgehead atoms. The summed E-state index contributed by atoms with van der Waals surface area (Å²) in [6.07, 6.45) is 0.583. The van der Waals surface area contributed by atoms with Gasteiger partial charge in [0.05, 0.1) is 4.92 Å². The van der Waals surface area contributed by atoms with Crippen molar-refractivity contribution in [3.8, 4) is 0 Å². The van der Waals surface area contributed by atoms with Crippen molar-refractivity contribution in [3.63, 3.8) is 0 Å². The summed E-state index contributed by atoms with van der Waals surface area (Å²) in [7, 11) is 0. The molecule has 0 amide bonds. The standard InChI is InChI=1S/C15H14ClFN2O2/c1-2-10-3-5-13(8-15(10)19(20)21)18-9-11-7-12(16)4-6-14(11)17/h3-8,18H,2,9H2,1H3. The molecular formula is C15H14ClFN2O2. The van der Waals surface area contributed by atoms with Crippen molar-refractivity contribution in [2.75, 3.05) is 5.32 Å². The Kier molecular flexibility index (Phi) is 4.75. The minimum atomic E-state index is -0.413. The van der Waals surface area contributed by atoms with Gasteiger partial charge in [0.1, 0.15) is 5.82 Å². The van der Waals surface area contributed by atoms with E-state index in [1.54, 1.807) is 12.1 Å². The minimum Gasteiger partial charge on any atom is -0.381 e. The van der Waals surface area contributed by atoms with Crippen molar-refractivity contribution in [1.82, 2.24) is 0 Å². The van der Waals surface area contributed by atoms with Gasteiger partial charge in [-0.3, -0.25) is 10.1 Å². The molecule has 1 N–H and O–H groups in total. The zero-order valence-corrected chi connectivity index (χ0v) is 12.2. The van der Waals surface area contributed by atoms with Gasteiger partial charge in [-0.15, -0.1) is 0 Å². The Bertz CT molecular complexity index is 677. The number of rotatable bonds is 5. The van der Waals surface area contributed by atoms with Crippen LogP contribution in [0.25, 0.3) is 0 Å². The normalized spacial score (nSPS) is 10.4. The molecule has 0 aliphatic carbocycles. The summed E-state index contributed by atoms with van der Waals surface area (Å²) in [4.78, 5) is 10.6. The molecule has 21 heavy (non-hydrogen) atoms. The number of hydrogen-bond acceptors (Lipinski definition) is 3. The Hall–Kier alpha value is -2.14. The fourth-order valence-electron chi connectivity index (χ4n) is 2.02. The molecule has 0 heterocycles. The van der Waals surface area contributed by atoms with Crippen LogP contribution in [0.15, 0.2) is 36.4 Å². The molecule has 0 aliphatic rings. The highest BCUT2D eigenvalue weighted by Crippen LogP contribution is 2.24. The van der Waals surface area contributed by atoms with Crippen LogP contribution >= 0.6 is 11.6 Å². The van der Waals surface area contributed by atoms with Gasteiger partial charge in [-0.2, -0.15) is 0 Å². The van der Waals surface area contributed by atoms with Crippen molar-refractivity contribution >= 4 is 23.0 Å². The molecule has 0 spiro atoms. The number of aryl methyl sites for hydroxylation is 1. The van der Waals surface area contributed by atoms with E-state index in [4.69, 9.17) is 11.6 Å². The van der Waals surface area contributed by atoms with Crippen molar-refractivity contribution in [3.05, 3.63) is 68.5 Å². The number of nitrogens with zero attached hydrogens (tertiary/aromatic N) is 1. The SMILES string of the molecule is CCc1ccc(NCc2cc(Cl)ccc2F)cc1[N+](=O)[O-]. The van der Waals surface area contributed by atoms with Crippen LogP contribution < -0.4 is 5.32 Å². The Labute approximate surface area is 126 Å². The van der Waals surface area contributed by atoms with Crippen LogP contribution in [0.2, 0.25) is 5.02 Å². The van der Waals surface area contributed by atoms with Crippen molar-refractivity contribution in [2.45, 2.75) is 19.9 Å². The van der Waals surface area contributed by atoms with E-state index in [0.717, 1.165) is 0 Å². The second kappa shape index (κ2) is 6.54. The highest BCUT2D eigenvalue weighted by molar-refractivity contribution is 6.30. The lowest BCUT2D eigenvalue weighted by Gasteiger charge is -2.09. The van der Waals surface area contributed by atoms with Crippen molar-refractivity contribution in [2.24, 2.45) is 0 Å². The molecule has 2 rings (SSSR count). The van der Waals surface area contributed by atoms with Gasteiger partial charge in [-0.05, 0) is 30.7 Å². The first-order chi connectivity index (χ1) is 10.0. The smallest absolute Gasteiger partial charge is 0.274 e. The summed E-state index contributed by atoms with van der Waals surface area (Å²) in [6.45, 7) is 2.06. The van der Waals surface area contributed by atoms with E-state index in [1.807, 2.05) is 6.92 Å². The van der Waals surface area contributed by atoms with Crippen molar-refractivity contribution in [1.29, 1.82) is 0 Å². The fraction of sp³-hybridized carbons (Fsp3) is 0.200. The summed E-state index contributed by atoms with van der Waals surface area (Å²) in [5.74, 6) is -0.369. The third-order valence-corrected chi connectivity index (χ3v) is 3.39. The van der Waals surface area contributed by atoms with Crippen LogP contribution in [0.5, 0.6) is 0 Å². The van der Waals surface area contributed by atoms with Gasteiger partial charge in [0.2, 0.25) is 0 Å². The van der Waals surface area contributed by atoms with Gasteiger partial charge in [0.25, 0.3) is 5.69 Å². The predicted octanol–water partition coefficient (Wildman–Crippen LogP) is 4.56. The zero-order valence-electron chi connectivity index (χ0n) is 11.4. The van der Waals surface area contributed by atoms with Gasteiger partial charge in [0.15, 0.2) is 0 Å². The van der Waals surface area contributed by atoms with Gasteiger partial charge in [-0.25, -0.2) is 4.39 Å². The number of hydrogen-bond donors (Lipinski definition) is 1. The van der Waals surface area contributed by atoms with E-state index < -0.39 is 4.92 Å². The molecular weight excluding hydrogens is 295 g/mol. The molecule has 0 atom stereocenters. The van der Waals surface area contributed by atoms with E-state index in [1.165, 1.54) is 24.3 Å². The summed E-state index contributed by atoms with van der Waals surface area (Å²) < 4.78 is 13.6. The predicted molar refractivity (Wildman–Crippen MR) is 81.2 cm³/mol. The maximum atomic E-state index is 13.6. The number of benzene rings is 2. The Morgan fingerprint density at radius 2 is 2.00 bits per heavy atom. The van der Waals surface area contributed by atoms with Gasteiger partial charge in [-0.1, -0.05) is 24.6 Å². The largest absolute Gasteiger partial charge is 0.381 e. The van der Waals surface area contributed by atoms with E-state index in [9.17, 15) is 14.5 Å². The highest BCUT2D eigenvalue weighted by atomic mass is 35.5. The maximum Gasteiger partial charge on any atom is 0.274 e. The van der Waals surface area contributed by atoms with E-state index in [2.05, 4.69) is 5.32 Å². The van der Waals surface area contributed by atoms with E-state index in [0.29, 0.717) is 28.3 Å². The van der Waals surface area contributed by atoms with E-state index in [-0.39, 0.29) is 18.0 Å². The number of nitro benzene ring substituents is 1. The minimum absolute atomic E-state index is 0.0640. The molecule has 6 heteroatoms. The van der Waals surface area contributed by atoms with Crippen LogP contribution in [0, 0.1) is 15.9 Å². The third kappa shape index (κ3) is 3.70. The second-order valence-corrected chi connectivity index (χ2v) is 4.98. The Morgan fingerprint density at radius 3 is 2.67 bits per heavy atom. The van der Waals surface area contributed by atoms with Crippen LogP contribution in [-0.4, -0.2) is 4.92 Å². The van der Waals surface area contributed by atoms with Gasteiger partial charge < -0.3 is 5.32 Å². The molecule has 0 fully saturated rings.